The number of nitrogens with one attached hydrogen (secondary N) is 1. The molecule has 3 heterocycles. The second kappa shape index (κ2) is 8.37. The van der Waals surface area contributed by atoms with Gasteiger partial charge in [0, 0.05) is 19.0 Å². The molecule has 2 bridgehead atoms. The predicted octanol–water partition coefficient (Wildman–Crippen LogP) is 2.80. The van der Waals surface area contributed by atoms with Gasteiger partial charge in [-0.3, -0.25) is 9.69 Å². The number of ketones is 1. The van der Waals surface area contributed by atoms with Crippen molar-refractivity contribution < 1.29 is 13.9 Å². The molecule has 160 valence electrons. The van der Waals surface area contributed by atoms with Gasteiger partial charge in [0.05, 0.1) is 37.3 Å². The van der Waals surface area contributed by atoms with Crippen molar-refractivity contribution in [1.29, 1.82) is 5.26 Å². The van der Waals surface area contributed by atoms with E-state index < -0.39 is 5.92 Å². The van der Waals surface area contributed by atoms with E-state index in [1.54, 1.807) is 6.07 Å². The van der Waals surface area contributed by atoms with Crippen LogP contribution in [0.1, 0.15) is 49.1 Å². The average Bonchev–Trinajstić information content (AvgIpc) is 3.44. The van der Waals surface area contributed by atoms with Crippen LogP contribution in [0.4, 0.5) is 4.39 Å². The lowest BCUT2D eigenvalue weighted by atomic mass is 9.88. The Hall–Kier alpha value is -1.81. The molecular formula is C24H30FN3O2. The number of Topliss-reactive ketones (excluding diaryl/α,β-unsaturated/α-hetero) is 1. The van der Waals surface area contributed by atoms with Gasteiger partial charge in [-0.05, 0) is 67.7 Å². The third-order valence-corrected chi connectivity index (χ3v) is 7.71. The molecule has 4 fully saturated rings. The van der Waals surface area contributed by atoms with Gasteiger partial charge in [0.15, 0.2) is 5.78 Å². The second-order valence-electron chi connectivity index (χ2n) is 9.64. The summed E-state index contributed by atoms with van der Waals surface area (Å²) in [6.45, 7) is 3.62. The van der Waals surface area contributed by atoms with Gasteiger partial charge in [-0.1, -0.05) is 12.1 Å². The van der Waals surface area contributed by atoms with Gasteiger partial charge in [-0.2, -0.15) is 5.26 Å². The minimum Gasteiger partial charge on any atom is -0.378 e. The first-order valence-electron chi connectivity index (χ1n) is 11.4. The van der Waals surface area contributed by atoms with Gasteiger partial charge >= 0.3 is 0 Å². The highest BCUT2D eigenvalue weighted by molar-refractivity contribution is 5.85. The Bertz CT molecular complexity index is 849. The SMILES string of the molecule is N#C[C@@H](CC(=O)[C@H]1N[C@@H]2CC[C@H]1C2)Cc1ccc(C2CCN(C3COC3)C2)cc1F. The van der Waals surface area contributed by atoms with E-state index in [0.717, 1.165) is 57.6 Å². The van der Waals surface area contributed by atoms with Gasteiger partial charge in [0.1, 0.15) is 5.82 Å². The predicted molar refractivity (Wildman–Crippen MR) is 110 cm³/mol. The summed E-state index contributed by atoms with van der Waals surface area (Å²) >= 11 is 0. The minimum atomic E-state index is -0.473. The molecule has 0 amide bonds. The summed E-state index contributed by atoms with van der Waals surface area (Å²) in [5, 5.41) is 13.0. The summed E-state index contributed by atoms with van der Waals surface area (Å²) in [5.41, 5.74) is 1.58. The Morgan fingerprint density at radius 1 is 1.33 bits per heavy atom. The van der Waals surface area contributed by atoms with Crippen molar-refractivity contribution in [2.24, 2.45) is 11.8 Å². The molecule has 4 aliphatic rings. The van der Waals surface area contributed by atoms with E-state index in [4.69, 9.17) is 4.74 Å². The number of hydrogen-bond donors (Lipinski definition) is 1. The van der Waals surface area contributed by atoms with Crippen molar-refractivity contribution in [2.75, 3.05) is 26.3 Å². The van der Waals surface area contributed by atoms with Gasteiger partial charge < -0.3 is 10.1 Å². The standard InChI is InChI=1S/C24H30FN3O2/c25-22-10-16(19-5-6-28(12-19)21-13-30-14-21)1-2-17(22)7-15(11-26)8-23(29)24-18-3-4-20(9-18)27-24/h1-2,10,15,18-21,24,27H,3-9,12-14H2/t15-,18+,19?,20-,24+/m1/s1. The number of carbonyl (C=O) groups excluding carboxylic acids is 1. The van der Waals surface area contributed by atoms with E-state index in [9.17, 15) is 14.4 Å². The molecule has 0 spiro atoms. The van der Waals surface area contributed by atoms with Gasteiger partial charge in [-0.25, -0.2) is 4.39 Å². The highest BCUT2D eigenvalue weighted by Gasteiger charge is 2.42. The van der Waals surface area contributed by atoms with Gasteiger partial charge in [0.2, 0.25) is 0 Å². The lowest BCUT2D eigenvalue weighted by Gasteiger charge is -2.34. The molecule has 6 heteroatoms. The average molecular weight is 412 g/mol. The number of rotatable bonds is 7. The molecule has 1 N–H and O–H groups in total. The molecule has 5 nitrogen and oxygen atoms in total. The lowest BCUT2D eigenvalue weighted by molar-refractivity contribution is -0.122. The smallest absolute Gasteiger partial charge is 0.151 e. The normalized spacial score (nSPS) is 32.1. The van der Waals surface area contributed by atoms with E-state index in [0.29, 0.717) is 35.9 Å². The molecule has 30 heavy (non-hydrogen) atoms. The monoisotopic (exact) mass is 411 g/mol. The van der Waals surface area contributed by atoms with Gasteiger partial charge in [0.25, 0.3) is 0 Å². The van der Waals surface area contributed by atoms with Crippen LogP contribution in [0.5, 0.6) is 0 Å². The van der Waals surface area contributed by atoms with Crippen LogP contribution in [-0.4, -0.2) is 55.1 Å². The largest absolute Gasteiger partial charge is 0.378 e. The first kappa shape index (κ1) is 20.1. The van der Waals surface area contributed by atoms with Crippen molar-refractivity contribution in [3.05, 3.63) is 35.1 Å². The zero-order chi connectivity index (χ0) is 20.7. The highest BCUT2D eigenvalue weighted by atomic mass is 19.1. The first-order valence-corrected chi connectivity index (χ1v) is 11.4. The van der Waals surface area contributed by atoms with Crippen LogP contribution in [0.15, 0.2) is 18.2 Å². The Balaban J connectivity index is 1.19. The van der Waals surface area contributed by atoms with Crippen LogP contribution in [0.25, 0.3) is 0 Å². The van der Waals surface area contributed by atoms with Crippen LogP contribution >= 0.6 is 0 Å². The van der Waals surface area contributed by atoms with Crippen molar-refractivity contribution in [2.45, 2.75) is 62.6 Å². The number of benzene rings is 1. The number of ether oxygens (including phenoxy) is 1. The van der Waals surface area contributed by atoms with Crippen molar-refractivity contribution in [3.63, 3.8) is 0 Å². The Labute approximate surface area is 177 Å². The third-order valence-electron chi connectivity index (χ3n) is 7.71. The number of carbonyl (C=O) groups is 1. The van der Waals surface area contributed by atoms with Crippen LogP contribution in [0, 0.1) is 29.0 Å². The fourth-order valence-electron chi connectivity index (χ4n) is 5.82. The summed E-state index contributed by atoms with van der Waals surface area (Å²) in [5.74, 6) is 0.182. The van der Waals surface area contributed by atoms with E-state index in [1.807, 2.05) is 12.1 Å². The summed E-state index contributed by atoms with van der Waals surface area (Å²) in [6, 6.07) is 8.62. The second-order valence-corrected chi connectivity index (χ2v) is 9.64. The maximum Gasteiger partial charge on any atom is 0.151 e. The van der Waals surface area contributed by atoms with Crippen molar-refractivity contribution in [3.8, 4) is 6.07 Å². The summed E-state index contributed by atoms with van der Waals surface area (Å²) in [7, 11) is 0. The number of likely N-dealkylation sites (tertiary alicyclic amines) is 1. The maximum atomic E-state index is 14.9. The van der Waals surface area contributed by atoms with E-state index in [-0.39, 0.29) is 24.1 Å². The molecule has 5 rings (SSSR count). The first-order chi connectivity index (χ1) is 14.6. The number of piperidine rings is 1. The number of halogens is 1. The van der Waals surface area contributed by atoms with Crippen molar-refractivity contribution in [1.82, 2.24) is 10.2 Å². The summed E-state index contributed by atoms with van der Waals surface area (Å²) in [4.78, 5) is 15.1. The molecule has 1 aromatic carbocycles. The van der Waals surface area contributed by atoms with Crippen LogP contribution in [0.2, 0.25) is 0 Å². The van der Waals surface area contributed by atoms with Crippen LogP contribution in [0.3, 0.4) is 0 Å². The highest BCUT2D eigenvalue weighted by Crippen LogP contribution is 2.36. The fourth-order valence-corrected chi connectivity index (χ4v) is 5.82. The number of nitriles is 1. The molecular weight excluding hydrogens is 381 g/mol. The quantitative estimate of drug-likeness (QED) is 0.748. The summed E-state index contributed by atoms with van der Waals surface area (Å²) < 4.78 is 20.1. The van der Waals surface area contributed by atoms with E-state index >= 15 is 0 Å². The Kier molecular flexibility index (Phi) is 5.61. The van der Waals surface area contributed by atoms with Gasteiger partial charge in [-0.15, -0.1) is 0 Å². The fraction of sp³-hybridized carbons (Fsp3) is 0.667. The molecule has 1 aliphatic carbocycles. The number of nitrogens with zero attached hydrogens (tertiary/aromatic N) is 2. The van der Waals surface area contributed by atoms with E-state index in [2.05, 4.69) is 16.3 Å². The zero-order valence-electron chi connectivity index (χ0n) is 17.4. The summed E-state index contributed by atoms with van der Waals surface area (Å²) in [6.07, 6.45) is 4.89. The Morgan fingerprint density at radius 2 is 2.20 bits per heavy atom. The molecule has 1 aromatic rings. The molecule has 5 atom stereocenters. The van der Waals surface area contributed by atoms with Crippen LogP contribution in [-0.2, 0) is 16.0 Å². The molecule has 3 aliphatic heterocycles. The van der Waals surface area contributed by atoms with Crippen LogP contribution < -0.4 is 5.32 Å². The third kappa shape index (κ3) is 3.91. The topological polar surface area (TPSA) is 65.4 Å². The molecule has 0 aromatic heterocycles. The molecule has 1 saturated carbocycles. The number of hydrogen-bond acceptors (Lipinski definition) is 5. The van der Waals surface area contributed by atoms with E-state index in [1.165, 1.54) is 0 Å². The maximum absolute atomic E-state index is 14.9. The lowest BCUT2D eigenvalue weighted by Crippen LogP contribution is -2.47. The zero-order valence-corrected chi connectivity index (χ0v) is 17.4. The van der Waals surface area contributed by atoms with Crippen molar-refractivity contribution >= 4 is 5.78 Å². The molecule has 1 unspecified atom stereocenters. The molecule has 0 radical (unpaired) electrons. The molecule has 3 saturated heterocycles. The minimum absolute atomic E-state index is 0.0989. The Morgan fingerprint density at radius 3 is 2.83 bits per heavy atom. The number of fused-ring (bicyclic) bond motifs is 2.